The molecule has 0 saturated carbocycles. The van der Waals surface area contributed by atoms with Gasteiger partial charge in [0.25, 0.3) is 0 Å². The molecule has 0 N–H and O–H groups in total. The third kappa shape index (κ3) is 3.34. The van der Waals surface area contributed by atoms with E-state index in [1.165, 1.54) is 65.8 Å². The van der Waals surface area contributed by atoms with Crippen molar-refractivity contribution in [3.8, 4) is 22.8 Å². The molecule has 0 radical (unpaired) electrons. The number of aryl methyl sites for hydroxylation is 3. The van der Waals surface area contributed by atoms with Gasteiger partial charge in [0, 0.05) is 17.0 Å². The van der Waals surface area contributed by atoms with E-state index in [0.717, 1.165) is 17.9 Å². The highest BCUT2D eigenvalue weighted by Crippen LogP contribution is 2.54. The number of rotatable bonds is 2. The van der Waals surface area contributed by atoms with E-state index < -0.39 is 0 Å². The summed E-state index contributed by atoms with van der Waals surface area (Å²) in [6.45, 7) is 15.9. The lowest BCUT2D eigenvalue weighted by molar-refractivity contribution is -0.659. The Hall–Kier alpha value is -3.39. The number of nitrogens with zero attached hydrogens (tertiary/aromatic N) is 1. The van der Waals surface area contributed by atoms with Crippen LogP contribution >= 0.6 is 0 Å². The zero-order chi connectivity index (χ0) is 25.5. The van der Waals surface area contributed by atoms with Crippen molar-refractivity contribution in [1.82, 2.24) is 0 Å². The normalized spacial score (nSPS) is 13.0. The zero-order valence-electron chi connectivity index (χ0n) is 22.8. The van der Waals surface area contributed by atoms with Crippen molar-refractivity contribution < 1.29 is 9.30 Å². The number of ether oxygens (including phenoxy) is 1. The van der Waals surface area contributed by atoms with Crippen LogP contribution in [0.3, 0.4) is 0 Å². The molecule has 0 fully saturated rings. The molecule has 1 aliphatic rings. The fraction of sp³-hybridized carbons (Fsp3) is 0.324. The van der Waals surface area contributed by atoms with Crippen LogP contribution in [0, 0.1) is 19.8 Å². The maximum Gasteiger partial charge on any atom is 0.228 e. The number of hydrogen-bond acceptors (Lipinski definition) is 1. The summed E-state index contributed by atoms with van der Waals surface area (Å²) >= 11 is 0. The smallest absolute Gasteiger partial charge is 0.228 e. The second-order valence-corrected chi connectivity index (χ2v) is 12.2. The predicted molar refractivity (Wildman–Crippen MR) is 152 cm³/mol. The molecular weight excluding hydrogens is 438 g/mol. The lowest BCUT2D eigenvalue weighted by atomic mass is 9.78. The first-order chi connectivity index (χ1) is 17.0. The summed E-state index contributed by atoms with van der Waals surface area (Å²) in [6, 6.07) is 18.3. The summed E-state index contributed by atoms with van der Waals surface area (Å²) in [5, 5.41) is 7.64. The van der Waals surface area contributed by atoms with Crippen LogP contribution in [0.4, 0.5) is 0 Å². The average Bonchev–Trinajstić information content (AvgIpc) is 2.79. The molecule has 1 aromatic heterocycles. The first-order valence-corrected chi connectivity index (χ1v) is 13.2. The van der Waals surface area contributed by atoms with Crippen LogP contribution in [-0.2, 0) is 18.9 Å². The SMILES string of the molecule is Cc1ccc2c(C(C)(C)C)c3c(c(C)c2c1)-c1c2c(cc4cc(CC(C)C)ccc4c2cc[n+]1C)O3. The summed E-state index contributed by atoms with van der Waals surface area (Å²) in [4.78, 5) is 0. The van der Waals surface area contributed by atoms with Gasteiger partial charge in [0.2, 0.25) is 5.69 Å². The Bertz CT molecular complexity index is 1720. The van der Waals surface area contributed by atoms with Crippen molar-refractivity contribution in [2.45, 2.75) is 60.3 Å². The molecule has 0 unspecified atom stereocenters. The third-order valence-corrected chi connectivity index (χ3v) is 7.78. The Morgan fingerprint density at radius 1 is 0.861 bits per heavy atom. The molecule has 0 saturated heterocycles. The van der Waals surface area contributed by atoms with Gasteiger partial charge in [0.05, 0.1) is 10.9 Å². The molecule has 1 aliphatic heterocycles. The highest BCUT2D eigenvalue weighted by Gasteiger charge is 2.36. The van der Waals surface area contributed by atoms with Crippen molar-refractivity contribution in [3.05, 3.63) is 77.0 Å². The molecule has 36 heavy (non-hydrogen) atoms. The van der Waals surface area contributed by atoms with Crippen LogP contribution in [0.1, 0.15) is 56.9 Å². The molecular formula is C34H36NO+. The van der Waals surface area contributed by atoms with Gasteiger partial charge in [0.15, 0.2) is 6.20 Å². The lowest BCUT2D eigenvalue weighted by Crippen LogP contribution is -2.32. The van der Waals surface area contributed by atoms with Crippen molar-refractivity contribution in [3.63, 3.8) is 0 Å². The van der Waals surface area contributed by atoms with E-state index >= 15 is 0 Å². The summed E-state index contributed by atoms with van der Waals surface area (Å²) < 4.78 is 9.28. The zero-order valence-corrected chi connectivity index (χ0v) is 22.8. The van der Waals surface area contributed by atoms with Crippen LogP contribution in [0.25, 0.3) is 43.6 Å². The Labute approximate surface area is 214 Å². The molecule has 0 spiro atoms. The standard InChI is InChI=1S/C34H36NO/c1-19(2)15-22-10-12-24-23(17-22)18-28-30-25(24)13-14-35(8)32(30)29-21(4)27-16-20(3)9-11-26(27)31(33(29)36-28)34(5,6)7/h9-14,16-19H,15H2,1-8H3/q+1. The van der Waals surface area contributed by atoms with Crippen LogP contribution in [0.5, 0.6) is 11.5 Å². The minimum absolute atomic E-state index is 0.0729. The highest BCUT2D eigenvalue weighted by atomic mass is 16.5. The van der Waals surface area contributed by atoms with Crippen molar-refractivity contribution in [2.75, 3.05) is 0 Å². The maximum atomic E-state index is 7.00. The summed E-state index contributed by atoms with van der Waals surface area (Å²) in [7, 11) is 2.17. The van der Waals surface area contributed by atoms with E-state index in [0.29, 0.717) is 5.92 Å². The van der Waals surface area contributed by atoms with Gasteiger partial charge in [-0.1, -0.05) is 76.6 Å². The van der Waals surface area contributed by atoms with Gasteiger partial charge in [-0.3, -0.25) is 0 Å². The van der Waals surface area contributed by atoms with Gasteiger partial charge in [0.1, 0.15) is 18.5 Å². The first-order valence-electron chi connectivity index (χ1n) is 13.2. The Balaban J connectivity index is 1.77. The summed E-state index contributed by atoms with van der Waals surface area (Å²) in [6.07, 6.45) is 3.30. The monoisotopic (exact) mass is 474 g/mol. The Morgan fingerprint density at radius 2 is 1.61 bits per heavy atom. The fourth-order valence-corrected chi connectivity index (χ4v) is 6.27. The Morgan fingerprint density at radius 3 is 2.33 bits per heavy atom. The van der Waals surface area contributed by atoms with Crippen LogP contribution in [-0.4, -0.2) is 0 Å². The highest BCUT2D eigenvalue weighted by molar-refractivity contribution is 6.16. The first kappa shape index (κ1) is 23.0. The Kier molecular flexibility index (Phi) is 4.99. The average molecular weight is 475 g/mol. The van der Waals surface area contributed by atoms with Crippen molar-refractivity contribution in [2.24, 2.45) is 13.0 Å². The van der Waals surface area contributed by atoms with Crippen LogP contribution in [0.15, 0.2) is 54.7 Å². The second kappa shape index (κ2) is 7.80. The molecule has 0 aliphatic carbocycles. The van der Waals surface area contributed by atoms with Gasteiger partial charge in [-0.2, -0.15) is 0 Å². The number of pyridine rings is 1. The molecule has 0 atom stereocenters. The predicted octanol–water partition coefficient (Wildman–Crippen LogP) is 8.86. The van der Waals surface area contributed by atoms with E-state index in [4.69, 9.17) is 4.74 Å². The van der Waals surface area contributed by atoms with Gasteiger partial charge >= 0.3 is 0 Å². The quantitative estimate of drug-likeness (QED) is 0.180. The topological polar surface area (TPSA) is 13.1 Å². The molecule has 182 valence electrons. The summed E-state index contributed by atoms with van der Waals surface area (Å²) in [5.74, 6) is 2.61. The van der Waals surface area contributed by atoms with Crippen molar-refractivity contribution in [1.29, 1.82) is 0 Å². The van der Waals surface area contributed by atoms with E-state index in [1.807, 2.05) is 0 Å². The summed E-state index contributed by atoms with van der Waals surface area (Å²) in [5.41, 5.74) is 7.66. The maximum absolute atomic E-state index is 7.00. The van der Waals surface area contributed by atoms with Crippen LogP contribution < -0.4 is 9.30 Å². The number of benzene rings is 4. The molecule has 2 heteroatoms. The van der Waals surface area contributed by atoms with Gasteiger partial charge in [-0.25, -0.2) is 4.57 Å². The van der Waals surface area contributed by atoms with E-state index in [1.54, 1.807) is 0 Å². The fourth-order valence-electron chi connectivity index (χ4n) is 6.27. The van der Waals surface area contributed by atoms with Gasteiger partial charge < -0.3 is 4.74 Å². The second-order valence-electron chi connectivity index (χ2n) is 12.2. The van der Waals surface area contributed by atoms with E-state index in [-0.39, 0.29) is 5.41 Å². The van der Waals surface area contributed by atoms with Gasteiger partial charge in [-0.05, 0) is 70.3 Å². The minimum atomic E-state index is -0.0729. The molecule has 2 heterocycles. The van der Waals surface area contributed by atoms with Crippen LogP contribution in [0.2, 0.25) is 0 Å². The molecule has 4 aromatic carbocycles. The molecule has 0 amide bonds. The largest absolute Gasteiger partial charge is 0.455 e. The molecule has 0 bridgehead atoms. The minimum Gasteiger partial charge on any atom is -0.455 e. The van der Waals surface area contributed by atoms with E-state index in [2.05, 4.69) is 115 Å². The molecule has 2 nitrogen and oxygen atoms in total. The van der Waals surface area contributed by atoms with E-state index in [9.17, 15) is 0 Å². The molecule has 6 rings (SSSR count). The van der Waals surface area contributed by atoms with Gasteiger partial charge in [-0.15, -0.1) is 0 Å². The molecule has 5 aromatic rings. The third-order valence-electron chi connectivity index (χ3n) is 7.78. The number of fused-ring (bicyclic) bond motifs is 5. The number of aromatic nitrogens is 1. The van der Waals surface area contributed by atoms with Crippen molar-refractivity contribution >= 4 is 32.3 Å². The lowest BCUT2D eigenvalue weighted by Gasteiger charge is -2.30. The number of hydrogen-bond donors (Lipinski definition) is 0.